The molecule has 0 bridgehead atoms. The van der Waals surface area contributed by atoms with E-state index in [0.717, 1.165) is 11.1 Å². The van der Waals surface area contributed by atoms with E-state index in [1.807, 2.05) is 19.1 Å². The second kappa shape index (κ2) is 6.43. The average Bonchev–Trinajstić information content (AvgIpc) is 3.01. The van der Waals surface area contributed by atoms with Gasteiger partial charge in [0, 0.05) is 31.4 Å². The summed E-state index contributed by atoms with van der Waals surface area (Å²) in [5.41, 5.74) is 2.42. The third kappa shape index (κ3) is 3.02. The van der Waals surface area contributed by atoms with E-state index in [4.69, 9.17) is 4.52 Å². The summed E-state index contributed by atoms with van der Waals surface area (Å²) < 4.78 is 5.09. The number of carbonyl (C=O) groups is 2. The Bertz CT molecular complexity index is 737. The maximum Gasteiger partial charge on any atom is 0.225 e. The molecule has 126 valence electrons. The summed E-state index contributed by atoms with van der Waals surface area (Å²) >= 11 is 0. The molecule has 1 aliphatic heterocycles. The molecule has 0 unspecified atom stereocenters. The Kier molecular flexibility index (Phi) is 4.33. The molecule has 0 spiro atoms. The van der Waals surface area contributed by atoms with Crippen LogP contribution in [-0.4, -0.2) is 39.9 Å². The monoisotopic (exact) mass is 328 g/mol. The van der Waals surface area contributed by atoms with Crippen molar-refractivity contribution in [2.24, 2.45) is 0 Å². The zero-order valence-electron chi connectivity index (χ0n) is 13.9. The summed E-state index contributed by atoms with van der Waals surface area (Å²) in [6.07, 6.45) is 3.89. The van der Waals surface area contributed by atoms with Crippen molar-refractivity contribution in [2.45, 2.75) is 38.8 Å². The number of nitrogens with one attached hydrogen (secondary N) is 1. The third-order valence-electron chi connectivity index (χ3n) is 4.48. The van der Waals surface area contributed by atoms with Gasteiger partial charge in [-0.05, 0) is 25.5 Å². The molecule has 2 atom stereocenters. The fourth-order valence-electron chi connectivity index (χ4n) is 3.18. The maximum atomic E-state index is 12.4. The van der Waals surface area contributed by atoms with Crippen molar-refractivity contribution in [3.05, 3.63) is 47.1 Å². The van der Waals surface area contributed by atoms with Crippen LogP contribution in [0.1, 0.15) is 35.0 Å². The number of nitrogens with zero attached hydrogens (tertiary/aromatic N) is 3. The summed E-state index contributed by atoms with van der Waals surface area (Å²) in [7, 11) is 1.75. The predicted octanol–water partition coefficient (Wildman–Crippen LogP) is 1.32. The first-order valence-corrected chi connectivity index (χ1v) is 7.84. The van der Waals surface area contributed by atoms with Crippen molar-refractivity contribution in [3.8, 4) is 0 Å². The highest BCUT2D eigenvalue weighted by atomic mass is 16.5. The standard InChI is InChI=1S/C17H20N4O3/c1-10-13(11(2)24-20-10)7-15(22)19-14-8-16(23)21(3)17(14)12-5-4-6-18-9-12/h4-6,9,14,17H,7-8H2,1-3H3,(H,19,22)/t14-,17+/m1/s1. The minimum atomic E-state index is -0.278. The van der Waals surface area contributed by atoms with Crippen LogP contribution in [0.5, 0.6) is 0 Å². The molecule has 2 aromatic heterocycles. The van der Waals surface area contributed by atoms with Gasteiger partial charge in [-0.25, -0.2) is 0 Å². The van der Waals surface area contributed by atoms with Crippen LogP contribution in [0.25, 0.3) is 0 Å². The van der Waals surface area contributed by atoms with Gasteiger partial charge in [-0.3, -0.25) is 14.6 Å². The molecule has 1 fully saturated rings. The van der Waals surface area contributed by atoms with Gasteiger partial charge in [0.2, 0.25) is 11.8 Å². The maximum absolute atomic E-state index is 12.4. The Balaban J connectivity index is 1.75. The number of aromatic nitrogens is 2. The van der Waals surface area contributed by atoms with Crippen LogP contribution in [0.3, 0.4) is 0 Å². The normalized spacial score (nSPS) is 20.5. The number of hydrogen-bond acceptors (Lipinski definition) is 5. The topological polar surface area (TPSA) is 88.3 Å². The Hall–Kier alpha value is -2.70. The quantitative estimate of drug-likeness (QED) is 0.914. The van der Waals surface area contributed by atoms with Gasteiger partial charge in [0.05, 0.1) is 24.2 Å². The number of likely N-dealkylation sites (tertiary alicyclic amines) is 1. The fourth-order valence-corrected chi connectivity index (χ4v) is 3.18. The van der Waals surface area contributed by atoms with E-state index in [-0.39, 0.29) is 36.7 Å². The largest absolute Gasteiger partial charge is 0.361 e. The van der Waals surface area contributed by atoms with Crippen molar-refractivity contribution in [3.63, 3.8) is 0 Å². The summed E-state index contributed by atoms with van der Waals surface area (Å²) in [5, 5.41) is 6.84. The first kappa shape index (κ1) is 16.2. The number of aryl methyl sites for hydroxylation is 2. The van der Waals surface area contributed by atoms with Gasteiger partial charge >= 0.3 is 0 Å². The molecule has 0 saturated carbocycles. The average molecular weight is 328 g/mol. The second-order valence-corrected chi connectivity index (χ2v) is 6.09. The van der Waals surface area contributed by atoms with E-state index in [1.54, 1.807) is 31.3 Å². The zero-order valence-corrected chi connectivity index (χ0v) is 13.9. The molecule has 0 radical (unpaired) electrons. The summed E-state index contributed by atoms with van der Waals surface area (Å²) in [4.78, 5) is 30.3. The summed E-state index contributed by atoms with van der Waals surface area (Å²) in [6.45, 7) is 3.60. The minimum absolute atomic E-state index is 0.00601. The van der Waals surface area contributed by atoms with Crippen LogP contribution in [0, 0.1) is 13.8 Å². The molecule has 3 heterocycles. The van der Waals surface area contributed by atoms with Gasteiger partial charge in [0.25, 0.3) is 0 Å². The van der Waals surface area contributed by atoms with Crippen LogP contribution in [0.2, 0.25) is 0 Å². The molecule has 1 saturated heterocycles. The summed E-state index contributed by atoms with van der Waals surface area (Å²) in [5.74, 6) is 0.504. The molecule has 3 rings (SSSR count). The van der Waals surface area contributed by atoms with Crippen LogP contribution >= 0.6 is 0 Å². The molecule has 7 heteroatoms. The van der Waals surface area contributed by atoms with Gasteiger partial charge < -0.3 is 14.7 Å². The molecular formula is C17H20N4O3. The molecule has 0 aromatic carbocycles. The second-order valence-electron chi connectivity index (χ2n) is 6.09. The highest BCUT2D eigenvalue weighted by molar-refractivity contribution is 5.84. The number of amides is 2. The van der Waals surface area contributed by atoms with Gasteiger partial charge in [-0.2, -0.15) is 0 Å². The van der Waals surface area contributed by atoms with Gasteiger partial charge in [0.1, 0.15) is 5.76 Å². The molecule has 24 heavy (non-hydrogen) atoms. The van der Waals surface area contributed by atoms with E-state index < -0.39 is 0 Å². The van der Waals surface area contributed by atoms with Crippen LogP contribution in [0.15, 0.2) is 29.0 Å². The number of rotatable bonds is 4. The molecule has 7 nitrogen and oxygen atoms in total. The molecule has 2 aromatic rings. The van der Waals surface area contributed by atoms with Crippen molar-refractivity contribution in [2.75, 3.05) is 7.05 Å². The van der Waals surface area contributed by atoms with Crippen molar-refractivity contribution in [1.29, 1.82) is 0 Å². The third-order valence-corrected chi connectivity index (χ3v) is 4.48. The number of hydrogen-bond donors (Lipinski definition) is 1. The van der Waals surface area contributed by atoms with E-state index in [2.05, 4.69) is 15.5 Å². The minimum Gasteiger partial charge on any atom is -0.361 e. The lowest BCUT2D eigenvalue weighted by molar-refractivity contribution is -0.127. The van der Waals surface area contributed by atoms with Crippen molar-refractivity contribution >= 4 is 11.8 Å². The number of carbonyl (C=O) groups excluding carboxylic acids is 2. The Morgan fingerprint density at radius 3 is 2.88 bits per heavy atom. The smallest absolute Gasteiger partial charge is 0.225 e. The van der Waals surface area contributed by atoms with Gasteiger partial charge in [-0.15, -0.1) is 0 Å². The Morgan fingerprint density at radius 1 is 1.46 bits per heavy atom. The van der Waals surface area contributed by atoms with Gasteiger partial charge in [0.15, 0.2) is 0 Å². The molecule has 2 amide bonds. The van der Waals surface area contributed by atoms with Gasteiger partial charge in [-0.1, -0.05) is 11.2 Å². The summed E-state index contributed by atoms with van der Waals surface area (Å²) in [6, 6.07) is 3.26. The number of pyridine rings is 1. The fraction of sp³-hybridized carbons (Fsp3) is 0.412. The van der Waals surface area contributed by atoms with Crippen molar-refractivity contribution in [1.82, 2.24) is 20.4 Å². The van der Waals surface area contributed by atoms with E-state index in [0.29, 0.717) is 11.5 Å². The highest BCUT2D eigenvalue weighted by Crippen LogP contribution is 2.31. The highest BCUT2D eigenvalue weighted by Gasteiger charge is 2.39. The van der Waals surface area contributed by atoms with Crippen LogP contribution < -0.4 is 5.32 Å². The Labute approximate surface area is 140 Å². The first-order chi connectivity index (χ1) is 11.5. The molecule has 0 aliphatic carbocycles. The van der Waals surface area contributed by atoms with Crippen LogP contribution in [0.4, 0.5) is 0 Å². The first-order valence-electron chi connectivity index (χ1n) is 7.84. The predicted molar refractivity (Wildman–Crippen MR) is 86.0 cm³/mol. The van der Waals surface area contributed by atoms with E-state index >= 15 is 0 Å². The number of likely N-dealkylation sites (N-methyl/N-ethyl adjacent to an activating group) is 1. The lowest BCUT2D eigenvalue weighted by Gasteiger charge is -2.25. The van der Waals surface area contributed by atoms with Crippen LogP contribution in [-0.2, 0) is 16.0 Å². The molecular weight excluding hydrogens is 308 g/mol. The van der Waals surface area contributed by atoms with E-state index in [9.17, 15) is 9.59 Å². The van der Waals surface area contributed by atoms with Crippen molar-refractivity contribution < 1.29 is 14.1 Å². The molecule has 1 aliphatic rings. The Morgan fingerprint density at radius 2 is 2.25 bits per heavy atom. The SMILES string of the molecule is Cc1noc(C)c1CC(=O)N[C@@H]1CC(=O)N(C)[C@H]1c1cccnc1. The zero-order chi connectivity index (χ0) is 17.3. The lowest BCUT2D eigenvalue weighted by Crippen LogP contribution is -2.39. The molecule has 1 N–H and O–H groups in total. The van der Waals surface area contributed by atoms with E-state index in [1.165, 1.54) is 0 Å². The lowest BCUT2D eigenvalue weighted by atomic mass is 10.0.